The van der Waals surface area contributed by atoms with Gasteiger partial charge < -0.3 is 15.0 Å². The minimum atomic E-state index is 0.541. The molecule has 4 heteroatoms. The fourth-order valence-electron chi connectivity index (χ4n) is 2.95. The predicted octanol–water partition coefficient (Wildman–Crippen LogP) is 2.30. The van der Waals surface area contributed by atoms with Crippen molar-refractivity contribution in [3.63, 3.8) is 0 Å². The molecule has 20 heavy (non-hydrogen) atoms. The van der Waals surface area contributed by atoms with Crippen molar-refractivity contribution in [1.82, 2.24) is 15.2 Å². The lowest BCUT2D eigenvalue weighted by atomic mass is 9.90. The van der Waals surface area contributed by atoms with E-state index in [-0.39, 0.29) is 0 Å². The Kier molecular flexibility index (Phi) is 5.80. The van der Waals surface area contributed by atoms with Gasteiger partial charge in [0.05, 0.1) is 7.11 Å². The molecule has 0 saturated carbocycles. The summed E-state index contributed by atoms with van der Waals surface area (Å²) < 4.78 is 5.29. The Bertz CT molecular complexity index is 402. The smallest absolute Gasteiger partial charge is 0.217 e. The molecule has 0 radical (unpaired) electrons. The lowest BCUT2D eigenvalue weighted by Gasteiger charge is -2.34. The monoisotopic (exact) mass is 277 g/mol. The maximum absolute atomic E-state index is 5.29. The van der Waals surface area contributed by atoms with E-state index < -0.39 is 0 Å². The molecule has 1 N–H and O–H groups in total. The quantitative estimate of drug-likeness (QED) is 0.866. The summed E-state index contributed by atoms with van der Waals surface area (Å²) in [7, 11) is 1.68. The van der Waals surface area contributed by atoms with Gasteiger partial charge in [0.25, 0.3) is 0 Å². The van der Waals surface area contributed by atoms with Gasteiger partial charge in [-0.2, -0.15) is 0 Å². The second-order valence-corrected chi connectivity index (χ2v) is 5.61. The molecule has 0 bridgehead atoms. The molecule has 4 nitrogen and oxygen atoms in total. The summed E-state index contributed by atoms with van der Waals surface area (Å²) in [4.78, 5) is 6.77. The van der Waals surface area contributed by atoms with Crippen LogP contribution in [0.5, 0.6) is 5.88 Å². The zero-order valence-corrected chi connectivity index (χ0v) is 12.9. The fraction of sp³-hybridized carbons (Fsp3) is 0.688. The van der Waals surface area contributed by atoms with E-state index in [2.05, 4.69) is 35.1 Å². The number of aromatic nitrogens is 1. The van der Waals surface area contributed by atoms with Crippen LogP contribution in [0.3, 0.4) is 0 Å². The van der Waals surface area contributed by atoms with Gasteiger partial charge in [-0.3, -0.25) is 0 Å². The molecule has 1 aromatic heterocycles. The lowest BCUT2D eigenvalue weighted by molar-refractivity contribution is 0.168. The van der Waals surface area contributed by atoms with Crippen molar-refractivity contribution in [3.8, 4) is 5.88 Å². The maximum Gasteiger partial charge on any atom is 0.217 e. The molecule has 112 valence electrons. The van der Waals surface area contributed by atoms with Crippen molar-refractivity contribution >= 4 is 0 Å². The highest BCUT2D eigenvalue weighted by Crippen LogP contribution is 2.21. The van der Waals surface area contributed by atoms with Gasteiger partial charge in [0, 0.05) is 24.3 Å². The van der Waals surface area contributed by atoms with Gasteiger partial charge >= 0.3 is 0 Å². The summed E-state index contributed by atoms with van der Waals surface area (Å²) in [6.45, 7) is 9.03. The highest BCUT2D eigenvalue weighted by Gasteiger charge is 2.22. The zero-order valence-electron chi connectivity index (χ0n) is 12.9. The topological polar surface area (TPSA) is 37.4 Å². The average molecular weight is 277 g/mol. The molecule has 2 heterocycles. The Morgan fingerprint density at radius 3 is 2.85 bits per heavy atom. The summed E-state index contributed by atoms with van der Waals surface area (Å²) >= 11 is 0. The van der Waals surface area contributed by atoms with Crippen molar-refractivity contribution in [1.29, 1.82) is 0 Å². The second-order valence-electron chi connectivity index (χ2n) is 5.61. The summed E-state index contributed by atoms with van der Waals surface area (Å²) in [5, 5.41) is 3.64. The van der Waals surface area contributed by atoms with Crippen LogP contribution in [0.1, 0.15) is 32.3 Å². The van der Waals surface area contributed by atoms with Crippen LogP contribution in [-0.2, 0) is 6.54 Å². The first-order valence-corrected chi connectivity index (χ1v) is 7.68. The molecule has 0 amide bonds. The van der Waals surface area contributed by atoms with Crippen LogP contribution in [0.4, 0.5) is 0 Å². The van der Waals surface area contributed by atoms with E-state index in [1.54, 1.807) is 13.3 Å². The van der Waals surface area contributed by atoms with Gasteiger partial charge in [-0.05, 0) is 51.4 Å². The molecule has 0 aliphatic carbocycles. The highest BCUT2D eigenvalue weighted by atomic mass is 16.5. The third kappa shape index (κ3) is 3.93. The third-order valence-corrected chi connectivity index (χ3v) is 4.44. The summed E-state index contributed by atoms with van der Waals surface area (Å²) in [6, 6.07) is 4.58. The molecule has 0 aromatic carbocycles. The van der Waals surface area contributed by atoms with E-state index in [4.69, 9.17) is 4.74 Å². The van der Waals surface area contributed by atoms with Gasteiger partial charge in [-0.25, -0.2) is 4.98 Å². The zero-order chi connectivity index (χ0) is 14.4. The van der Waals surface area contributed by atoms with Gasteiger partial charge in [-0.15, -0.1) is 0 Å². The molecular weight excluding hydrogens is 250 g/mol. The van der Waals surface area contributed by atoms with Crippen LogP contribution >= 0.6 is 0 Å². The van der Waals surface area contributed by atoms with E-state index in [0.29, 0.717) is 6.04 Å². The molecule has 1 unspecified atom stereocenters. The van der Waals surface area contributed by atoms with Crippen LogP contribution in [0.25, 0.3) is 0 Å². The maximum atomic E-state index is 5.29. The molecule has 1 aliphatic heterocycles. The van der Waals surface area contributed by atoms with Crippen LogP contribution in [-0.4, -0.2) is 42.7 Å². The molecule has 1 atom stereocenters. The molecule has 1 aliphatic rings. The minimum Gasteiger partial charge on any atom is -0.481 e. The molecule has 0 spiro atoms. The fourth-order valence-corrected chi connectivity index (χ4v) is 2.95. The summed E-state index contributed by atoms with van der Waals surface area (Å²) in [6.07, 6.45) is 4.37. The van der Waals surface area contributed by atoms with E-state index in [9.17, 15) is 0 Å². The third-order valence-electron chi connectivity index (χ3n) is 4.44. The van der Waals surface area contributed by atoms with Crippen LogP contribution in [0, 0.1) is 5.92 Å². The number of ether oxygens (including phenoxy) is 1. The van der Waals surface area contributed by atoms with Crippen molar-refractivity contribution in [2.24, 2.45) is 5.92 Å². The SMILES string of the molecule is CCN1CCC(C(C)NCc2cccnc2OC)CC1. The van der Waals surface area contributed by atoms with Gasteiger partial charge in [0.15, 0.2) is 0 Å². The van der Waals surface area contributed by atoms with Crippen LogP contribution < -0.4 is 10.1 Å². The minimum absolute atomic E-state index is 0.541. The first kappa shape index (κ1) is 15.3. The Balaban J connectivity index is 1.82. The Morgan fingerprint density at radius 1 is 1.45 bits per heavy atom. The van der Waals surface area contributed by atoms with Gasteiger partial charge in [0.2, 0.25) is 5.88 Å². The number of hydrogen-bond acceptors (Lipinski definition) is 4. The van der Waals surface area contributed by atoms with Crippen molar-refractivity contribution in [3.05, 3.63) is 23.9 Å². The normalized spacial score (nSPS) is 18.9. The van der Waals surface area contributed by atoms with Crippen molar-refractivity contribution in [2.45, 2.75) is 39.3 Å². The number of likely N-dealkylation sites (tertiary alicyclic amines) is 1. The lowest BCUT2D eigenvalue weighted by Crippen LogP contribution is -2.41. The number of nitrogens with zero attached hydrogens (tertiary/aromatic N) is 2. The van der Waals surface area contributed by atoms with E-state index in [1.165, 1.54) is 32.5 Å². The number of pyridine rings is 1. The summed E-state index contributed by atoms with van der Waals surface area (Å²) in [5.74, 6) is 1.51. The first-order valence-electron chi connectivity index (χ1n) is 7.68. The highest BCUT2D eigenvalue weighted by molar-refractivity contribution is 5.25. The Hall–Kier alpha value is -1.13. The standard InChI is InChI=1S/C16H27N3O/c1-4-19-10-7-14(8-11-19)13(2)18-12-15-6-5-9-17-16(15)20-3/h5-6,9,13-14,18H,4,7-8,10-12H2,1-3H3. The van der Waals surface area contributed by atoms with E-state index in [0.717, 1.165) is 23.9 Å². The summed E-state index contributed by atoms with van der Waals surface area (Å²) in [5.41, 5.74) is 1.13. The molecule has 2 rings (SSSR count). The van der Waals surface area contributed by atoms with E-state index >= 15 is 0 Å². The second kappa shape index (κ2) is 7.60. The number of piperidine rings is 1. The number of methoxy groups -OCH3 is 1. The van der Waals surface area contributed by atoms with Crippen LogP contribution in [0.2, 0.25) is 0 Å². The largest absolute Gasteiger partial charge is 0.481 e. The Labute approximate surface area is 122 Å². The van der Waals surface area contributed by atoms with Crippen molar-refractivity contribution in [2.75, 3.05) is 26.7 Å². The van der Waals surface area contributed by atoms with Crippen molar-refractivity contribution < 1.29 is 4.74 Å². The number of nitrogens with one attached hydrogen (secondary N) is 1. The number of rotatable bonds is 6. The van der Waals surface area contributed by atoms with Gasteiger partial charge in [-0.1, -0.05) is 13.0 Å². The number of hydrogen-bond donors (Lipinski definition) is 1. The van der Waals surface area contributed by atoms with E-state index in [1.807, 2.05) is 6.07 Å². The first-order chi connectivity index (χ1) is 9.74. The molecule has 1 saturated heterocycles. The predicted molar refractivity (Wildman–Crippen MR) is 81.9 cm³/mol. The van der Waals surface area contributed by atoms with Gasteiger partial charge in [0.1, 0.15) is 0 Å². The molecule has 1 fully saturated rings. The van der Waals surface area contributed by atoms with Crippen LogP contribution in [0.15, 0.2) is 18.3 Å². The molecular formula is C16H27N3O. The molecule has 1 aromatic rings. The average Bonchev–Trinajstić information content (AvgIpc) is 2.53. The Morgan fingerprint density at radius 2 is 2.20 bits per heavy atom.